The Morgan fingerprint density at radius 3 is 2.50 bits per heavy atom. The van der Waals surface area contributed by atoms with Gasteiger partial charge in [0.25, 0.3) is 11.1 Å². The first-order valence-corrected chi connectivity index (χ1v) is 4.43. The topological polar surface area (TPSA) is 38.7 Å². The molecule has 0 radical (unpaired) electrons. The van der Waals surface area contributed by atoms with Gasteiger partial charge in [-0.1, -0.05) is 22.9 Å². The number of nitrogens with zero attached hydrogens (tertiary/aromatic N) is 1. The van der Waals surface area contributed by atoms with E-state index in [1.165, 1.54) is 0 Å². The highest BCUT2D eigenvalue weighted by Crippen LogP contribution is 2.08. The lowest BCUT2D eigenvalue weighted by atomic mass is 10.2. The smallest absolute Gasteiger partial charge is 0.265 e. The SMILES string of the molecule is C=NOS(=O)c1ccc(C)cc1. The molecule has 64 valence electrons. The Hall–Kier alpha value is -1.16. The molecule has 0 aliphatic rings. The van der Waals surface area contributed by atoms with Crippen molar-refractivity contribution < 1.29 is 8.49 Å². The van der Waals surface area contributed by atoms with Gasteiger partial charge < -0.3 is 0 Å². The first-order chi connectivity index (χ1) is 5.74. The summed E-state index contributed by atoms with van der Waals surface area (Å²) in [6.45, 7) is 5.04. The van der Waals surface area contributed by atoms with Crippen LogP contribution in [0, 0.1) is 6.92 Å². The number of hydrogen-bond donors (Lipinski definition) is 0. The van der Waals surface area contributed by atoms with Crippen molar-refractivity contribution in [3.05, 3.63) is 29.8 Å². The van der Waals surface area contributed by atoms with Crippen LogP contribution in [-0.2, 0) is 15.4 Å². The fourth-order valence-corrected chi connectivity index (χ4v) is 1.28. The summed E-state index contributed by atoms with van der Waals surface area (Å²) in [7, 11) is 0. The average Bonchev–Trinajstić information content (AvgIpc) is 2.06. The molecule has 0 aromatic heterocycles. The zero-order valence-corrected chi connectivity index (χ0v) is 7.50. The van der Waals surface area contributed by atoms with Gasteiger partial charge >= 0.3 is 0 Å². The Labute approximate surface area is 73.7 Å². The fraction of sp³-hybridized carbons (Fsp3) is 0.125. The van der Waals surface area contributed by atoms with Gasteiger partial charge in [-0.2, -0.15) is 0 Å². The quantitative estimate of drug-likeness (QED) is 0.528. The van der Waals surface area contributed by atoms with Gasteiger partial charge in [0.2, 0.25) is 0 Å². The van der Waals surface area contributed by atoms with Gasteiger partial charge in [0.15, 0.2) is 0 Å². The van der Waals surface area contributed by atoms with Crippen LogP contribution < -0.4 is 0 Å². The molecule has 1 atom stereocenters. The minimum absolute atomic E-state index is 0.591. The average molecular weight is 183 g/mol. The lowest BCUT2D eigenvalue weighted by Crippen LogP contribution is -1.91. The van der Waals surface area contributed by atoms with E-state index in [0.717, 1.165) is 5.56 Å². The molecule has 1 unspecified atom stereocenters. The van der Waals surface area contributed by atoms with Crippen molar-refractivity contribution in [3.63, 3.8) is 0 Å². The summed E-state index contributed by atoms with van der Waals surface area (Å²) in [6.07, 6.45) is 0. The van der Waals surface area contributed by atoms with Gasteiger partial charge in [-0.15, -0.1) is 0 Å². The van der Waals surface area contributed by atoms with E-state index >= 15 is 0 Å². The third kappa shape index (κ3) is 2.17. The highest BCUT2D eigenvalue weighted by molar-refractivity contribution is 7.80. The largest absolute Gasteiger partial charge is 0.288 e. The van der Waals surface area contributed by atoms with E-state index in [-0.39, 0.29) is 0 Å². The second kappa shape index (κ2) is 4.01. The Balaban J connectivity index is 2.82. The lowest BCUT2D eigenvalue weighted by molar-refractivity contribution is 0.378. The minimum atomic E-state index is -1.52. The van der Waals surface area contributed by atoms with E-state index in [1.54, 1.807) is 12.1 Å². The molecule has 0 saturated carbocycles. The molecule has 1 aromatic rings. The van der Waals surface area contributed by atoms with Crippen molar-refractivity contribution in [1.29, 1.82) is 0 Å². The third-order valence-corrected chi connectivity index (χ3v) is 2.23. The fourth-order valence-electron chi connectivity index (χ4n) is 0.740. The summed E-state index contributed by atoms with van der Waals surface area (Å²) in [5, 5.41) is 3.08. The molecule has 0 spiro atoms. The van der Waals surface area contributed by atoms with E-state index in [1.807, 2.05) is 19.1 Å². The Kier molecular flexibility index (Phi) is 2.99. The molecule has 3 nitrogen and oxygen atoms in total. The number of hydrogen-bond acceptors (Lipinski definition) is 3. The van der Waals surface area contributed by atoms with Crippen molar-refractivity contribution >= 4 is 17.8 Å². The van der Waals surface area contributed by atoms with Gasteiger partial charge in [-0.25, -0.2) is 4.21 Å². The molecule has 0 N–H and O–H groups in total. The molecule has 0 saturated heterocycles. The molecule has 1 rings (SSSR count). The van der Waals surface area contributed by atoms with Crippen LogP contribution in [-0.4, -0.2) is 10.9 Å². The van der Waals surface area contributed by atoms with Crippen LogP contribution in [0.2, 0.25) is 0 Å². The second-order valence-corrected chi connectivity index (χ2v) is 3.34. The van der Waals surface area contributed by atoms with Gasteiger partial charge in [-0.05, 0) is 19.1 Å². The first-order valence-electron chi connectivity index (χ1n) is 3.36. The van der Waals surface area contributed by atoms with Crippen molar-refractivity contribution in [2.75, 3.05) is 0 Å². The summed E-state index contributed by atoms with van der Waals surface area (Å²) < 4.78 is 15.6. The van der Waals surface area contributed by atoms with Crippen molar-refractivity contribution in [3.8, 4) is 0 Å². The zero-order valence-electron chi connectivity index (χ0n) is 6.69. The van der Waals surface area contributed by atoms with Crippen molar-refractivity contribution in [2.45, 2.75) is 11.8 Å². The number of oxime groups is 1. The van der Waals surface area contributed by atoms with Gasteiger partial charge in [-0.3, -0.25) is 4.28 Å². The molecule has 12 heavy (non-hydrogen) atoms. The molecule has 4 heteroatoms. The number of rotatable bonds is 3. The highest BCUT2D eigenvalue weighted by Gasteiger charge is 2.02. The summed E-state index contributed by atoms with van der Waals surface area (Å²) in [5.41, 5.74) is 1.11. The van der Waals surface area contributed by atoms with E-state index in [9.17, 15) is 4.21 Å². The summed E-state index contributed by atoms with van der Waals surface area (Å²) in [6, 6.07) is 7.19. The van der Waals surface area contributed by atoms with Crippen LogP contribution in [0.4, 0.5) is 0 Å². The lowest BCUT2D eigenvalue weighted by Gasteiger charge is -1.97. The molecule has 0 aliphatic carbocycles. The molecule has 0 amide bonds. The maximum Gasteiger partial charge on any atom is 0.265 e. The maximum absolute atomic E-state index is 11.1. The maximum atomic E-state index is 11.1. The molecule has 0 aliphatic heterocycles. The standard InChI is InChI=1S/C8H9NO2S/c1-7-3-5-8(6-4-7)12(10)11-9-2/h3-6H,2H2,1H3. The molecular formula is C8H9NO2S. The van der Waals surface area contributed by atoms with Crippen molar-refractivity contribution in [1.82, 2.24) is 0 Å². The van der Waals surface area contributed by atoms with Crippen LogP contribution in [0.25, 0.3) is 0 Å². The number of benzene rings is 1. The molecular weight excluding hydrogens is 174 g/mol. The molecule has 0 heterocycles. The predicted molar refractivity (Wildman–Crippen MR) is 48.2 cm³/mol. The molecule has 0 bridgehead atoms. The van der Waals surface area contributed by atoms with E-state index in [4.69, 9.17) is 0 Å². The third-order valence-electron chi connectivity index (χ3n) is 1.33. The Morgan fingerprint density at radius 2 is 2.00 bits per heavy atom. The van der Waals surface area contributed by atoms with Gasteiger partial charge in [0.05, 0.1) is 4.90 Å². The van der Waals surface area contributed by atoms with Crippen LogP contribution in [0.3, 0.4) is 0 Å². The summed E-state index contributed by atoms with van der Waals surface area (Å²) in [4.78, 5) is 0.591. The van der Waals surface area contributed by atoms with Crippen LogP contribution >= 0.6 is 0 Å². The van der Waals surface area contributed by atoms with Gasteiger partial charge in [0.1, 0.15) is 0 Å². The van der Waals surface area contributed by atoms with Crippen LogP contribution in [0.5, 0.6) is 0 Å². The Morgan fingerprint density at radius 1 is 1.42 bits per heavy atom. The second-order valence-electron chi connectivity index (χ2n) is 2.25. The monoisotopic (exact) mass is 183 g/mol. The van der Waals surface area contributed by atoms with Crippen LogP contribution in [0.1, 0.15) is 5.56 Å². The van der Waals surface area contributed by atoms with E-state index < -0.39 is 11.1 Å². The minimum Gasteiger partial charge on any atom is -0.288 e. The number of aryl methyl sites for hydroxylation is 1. The first kappa shape index (κ1) is 8.93. The van der Waals surface area contributed by atoms with E-state index in [0.29, 0.717) is 4.90 Å². The summed E-state index contributed by atoms with van der Waals surface area (Å²) in [5.74, 6) is 0. The Bertz CT molecular complexity index is 294. The molecule has 0 fully saturated rings. The summed E-state index contributed by atoms with van der Waals surface area (Å²) >= 11 is -1.52. The normalized spacial score (nSPS) is 12.1. The zero-order chi connectivity index (χ0) is 8.97. The molecule has 1 aromatic carbocycles. The van der Waals surface area contributed by atoms with Crippen LogP contribution in [0.15, 0.2) is 34.3 Å². The van der Waals surface area contributed by atoms with Crippen molar-refractivity contribution in [2.24, 2.45) is 5.16 Å². The highest BCUT2D eigenvalue weighted by atomic mass is 32.2. The van der Waals surface area contributed by atoms with Gasteiger partial charge in [0, 0.05) is 6.72 Å². The van der Waals surface area contributed by atoms with E-state index in [2.05, 4.69) is 16.2 Å². The predicted octanol–water partition coefficient (Wildman–Crippen LogP) is 1.65.